The maximum Gasteiger partial charge on any atom is 0.225 e. The lowest BCUT2D eigenvalue weighted by Gasteiger charge is -2.43. The van der Waals surface area contributed by atoms with Crippen LogP contribution < -0.4 is 5.73 Å². The van der Waals surface area contributed by atoms with Crippen LogP contribution in [0.25, 0.3) is 0 Å². The molecule has 0 fully saturated rings. The van der Waals surface area contributed by atoms with E-state index >= 15 is 0 Å². The van der Waals surface area contributed by atoms with E-state index < -0.39 is 0 Å². The number of halogens is 7. The molecular weight excluding hydrogens is 990 g/mol. The van der Waals surface area contributed by atoms with Gasteiger partial charge in [0.1, 0.15) is 1.43 Å². The summed E-state index contributed by atoms with van der Waals surface area (Å²) in [6.45, 7) is 4.22. The van der Waals surface area contributed by atoms with E-state index in [0.717, 1.165) is 0 Å². The highest BCUT2D eigenvalue weighted by atomic mass is 127. The zero-order valence-corrected chi connectivity index (χ0v) is 22.1. The van der Waals surface area contributed by atoms with E-state index in [1.165, 1.54) is 0 Å². The summed E-state index contributed by atoms with van der Waals surface area (Å²) in [5.74, 6) is 0. The zero-order chi connectivity index (χ0) is 12.5. The second-order valence-electron chi connectivity index (χ2n) is 2.40. The molecule has 0 heterocycles. The molecule has 0 spiro atoms. The topological polar surface area (TPSA) is 41.6 Å². The molecule has 0 bridgehead atoms. The highest BCUT2D eigenvalue weighted by molar-refractivity contribution is 14.2. The molecule has 0 amide bonds. The van der Waals surface area contributed by atoms with Gasteiger partial charge in [0.25, 0.3) is 0 Å². The van der Waals surface area contributed by atoms with Crippen molar-refractivity contribution in [1.82, 2.24) is 3.11 Å². The smallest absolute Gasteiger partial charge is 0.225 e. The van der Waals surface area contributed by atoms with Crippen LogP contribution in [0.1, 0.15) is 0 Å². The number of hydrogen-bond acceptors (Lipinski definition) is 3. The van der Waals surface area contributed by atoms with Crippen molar-refractivity contribution in [2.24, 2.45) is 10.7 Å². The maximum atomic E-state index is 5.81. The van der Waals surface area contributed by atoms with Gasteiger partial charge in [-0.2, -0.15) is 3.11 Å². The van der Waals surface area contributed by atoms with E-state index in [4.69, 9.17) is 5.73 Å². The quantitative estimate of drug-likeness (QED) is 0.141. The Morgan fingerprint density at radius 3 is 1.80 bits per heavy atom. The molecule has 0 radical (unpaired) electrons. The van der Waals surface area contributed by atoms with Crippen molar-refractivity contribution in [3.8, 4) is 0 Å². The fraction of sp³-hybridized carbons (Fsp3) is 0.800. The fourth-order valence-electron chi connectivity index (χ4n) is 0.497. The first kappa shape index (κ1) is 19.7. The number of nitrogens with zero attached hydrogens (tertiary/aromatic N) is 2. The number of hydrogen-bond donors (Lipinski definition) is 1. The van der Waals surface area contributed by atoms with Crippen molar-refractivity contribution in [1.29, 1.82) is 0 Å². The van der Waals surface area contributed by atoms with Crippen LogP contribution in [-0.4, -0.2) is 21.0 Å². The van der Waals surface area contributed by atoms with Gasteiger partial charge < -0.3 is 5.73 Å². The second kappa shape index (κ2) is 7.64. The van der Waals surface area contributed by atoms with Crippen molar-refractivity contribution in [3.05, 3.63) is 0 Å². The molecule has 10 heteroatoms. The van der Waals surface area contributed by atoms with Crippen LogP contribution in [0.3, 0.4) is 0 Å². The predicted molar refractivity (Wildman–Crippen MR) is 127 cm³/mol. The molecule has 0 aromatic carbocycles. The van der Waals surface area contributed by atoms with Crippen molar-refractivity contribution < 1.29 is 0 Å². The number of aliphatic imine (C=N–C) groups is 1. The Bertz CT molecular complexity index is 241. The lowest BCUT2D eigenvalue weighted by atomic mass is 10.4. The molecule has 0 aliphatic heterocycles. The van der Waals surface area contributed by atoms with Gasteiger partial charge in [-0.1, -0.05) is 45.2 Å². The lowest BCUT2D eigenvalue weighted by molar-refractivity contribution is 0.460. The summed E-state index contributed by atoms with van der Waals surface area (Å²) in [5.41, 5.74) is 5.81. The Kier molecular flexibility index (Phi) is 10.0. The van der Waals surface area contributed by atoms with E-state index in [1.807, 2.05) is 0 Å². The summed E-state index contributed by atoms with van der Waals surface area (Å²) in [5, 5.41) is 0. The Balaban J connectivity index is 5.12. The van der Waals surface area contributed by atoms with Crippen LogP contribution >= 0.6 is 158 Å². The minimum Gasteiger partial charge on any atom is -0.328 e. The fourth-order valence-corrected chi connectivity index (χ4v) is 6.18. The molecule has 0 rings (SSSR count). The van der Waals surface area contributed by atoms with Crippen LogP contribution in [0.5, 0.6) is 0 Å². The highest BCUT2D eigenvalue weighted by Crippen LogP contribution is 2.57. The minimum absolute atomic E-state index is 0.0723. The molecule has 90 valence electrons. The first-order chi connectivity index (χ1) is 6.53. The van der Waals surface area contributed by atoms with Gasteiger partial charge in [0.2, 0.25) is 1.68 Å². The number of nitrogens with two attached hydrogens (primary N) is 1. The summed E-state index contributed by atoms with van der Waals surface area (Å²) in [6.07, 6.45) is 0. The van der Waals surface area contributed by atoms with Crippen LogP contribution in [0.15, 0.2) is 4.99 Å². The summed E-state index contributed by atoms with van der Waals surface area (Å²) in [6, 6.07) is 0. The standard InChI is InChI=1S/C5H6I7N3/c1-14-5(10,11)15(12)4(8,9)3(6,7)2-13/h1-2,13H2. The zero-order valence-electron chi connectivity index (χ0n) is 7.03. The van der Waals surface area contributed by atoms with Gasteiger partial charge in [-0.05, 0) is 97.1 Å². The molecule has 3 nitrogen and oxygen atoms in total. The second-order valence-corrected chi connectivity index (χ2v) is 19.4. The number of rotatable bonds is 5. The third-order valence-corrected chi connectivity index (χ3v) is 17.5. The molecule has 0 aliphatic carbocycles. The highest BCUT2D eigenvalue weighted by Gasteiger charge is 2.53. The average molecular weight is 996 g/mol. The van der Waals surface area contributed by atoms with Gasteiger partial charge in [-0.25, -0.2) is 0 Å². The monoisotopic (exact) mass is 996 g/mol. The normalized spacial score (nSPS) is 14.5. The van der Waals surface area contributed by atoms with Crippen molar-refractivity contribution in [2.45, 2.75) is 4.66 Å². The van der Waals surface area contributed by atoms with Gasteiger partial charge >= 0.3 is 0 Å². The molecular formula is C5H6I7N3. The predicted octanol–water partition coefficient (Wildman–Crippen LogP) is 4.87. The largest absolute Gasteiger partial charge is 0.328 e. The molecule has 0 atom stereocenters. The molecule has 0 aliphatic rings. The minimum atomic E-state index is -0.366. The summed E-state index contributed by atoms with van der Waals surface area (Å²) < 4.78 is 1.55. The Labute approximate surface area is 185 Å². The molecule has 0 aromatic heterocycles. The molecule has 15 heavy (non-hydrogen) atoms. The molecule has 2 N–H and O–H groups in total. The maximum absolute atomic E-state index is 5.81. The van der Waals surface area contributed by atoms with Gasteiger partial charge in [-0.3, -0.25) is 4.99 Å². The van der Waals surface area contributed by atoms with E-state index in [9.17, 15) is 0 Å². The van der Waals surface area contributed by atoms with E-state index in [2.05, 4.69) is 173 Å². The number of alkyl halides is 6. The van der Waals surface area contributed by atoms with E-state index in [0.29, 0.717) is 6.54 Å². The van der Waals surface area contributed by atoms with Gasteiger partial charge in [-0.15, -0.1) is 0 Å². The first-order valence-electron chi connectivity index (χ1n) is 3.30. The first-order valence-corrected chi connectivity index (χ1v) is 10.7. The van der Waals surface area contributed by atoms with Gasteiger partial charge in [0.15, 0.2) is 1.55 Å². The molecule has 0 saturated carbocycles. The van der Waals surface area contributed by atoms with E-state index in [-0.39, 0.29) is 4.66 Å². The lowest BCUT2D eigenvalue weighted by Crippen LogP contribution is -2.53. The summed E-state index contributed by atoms with van der Waals surface area (Å²) in [7, 11) is 0. The van der Waals surface area contributed by atoms with Crippen LogP contribution in [0.2, 0.25) is 0 Å². The molecule has 0 saturated heterocycles. The summed E-state index contributed by atoms with van der Waals surface area (Å²) >= 11 is 16.4. The third-order valence-electron chi connectivity index (χ3n) is 1.37. The average Bonchev–Trinajstić information content (AvgIpc) is 2.16. The van der Waals surface area contributed by atoms with E-state index in [1.54, 1.807) is 0 Å². The Morgan fingerprint density at radius 2 is 1.53 bits per heavy atom. The molecule has 0 unspecified atom stereocenters. The third kappa shape index (κ3) is 5.19. The Morgan fingerprint density at radius 1 is 1.13 bits per heavy atom. The van der Waals surface area contributed by atoms with Crippen molar-refractivity contribution >= 4 is 165 Å². The van der Waals surface area contributed by atoms with Crippen molar-refractivity contribution in [3.63, 3.8) is 0 Å². The van der Waals surface area contributed by atoms with Crippen LogP contribution in [0, 0.1) is 0 Å². The Hall–Kier alpha value is 4.70. The SMILES string of the molecule is C=NC(I)(I)N(I)C(I)(I)C(I)(I)CN. The van der Waals surface area contributed by atoms with Gasteiger partial charge in [0, 0.05) is 29.4 Å². The van der Waals surface area contributed by atoms with Crippen molar-refractivity contribution in [2.75, 3.05) is 6.54 Å². The molecule has 0 aromatic rings. The summed E-state index contributed by atoms with van der Waals surface area (Å²) in [4.78, 5) is 4.12. The van der Waals surface area contributed by atoms with Gasteiger partial charge in [0.05, 0.1) is 0 Å². The van der Waals surface area contributed by atoms with Crippen LogP contribution in [-0.2, 0) is 0 Å². The van der Waals surface area contributed by atoms with Crippen LogP contribution in [0.4, 0.5) is 0 Å².